The molecule has 20 heavy (non-hydrogen) atoms. The summed E-state index contributed by atoms with van der Waals surface area (Å²) in [6.07, 6.45) is -1.78. The number of nitrogens with zero attached hydrogens (tertiary/aromatic N) is 3. The standard InChI is InChI=1S/C13H19N3O4/c1-19-8-9-20-11-4-2-10(3-5-11)13(18)12(17)6-7-15-16-14/h2-5,12-13,17-18H,6-9H2,1H3. The lowest BCUT2D eigenvalue weighted by molar-refractivity contribution is 0.0150. The maximum atomic E-state index is 9.95. The van der Waals surface area contributed by atoms with Crippen molar-refractivity contribution in [3.05, 3.63) is 40.3 Å². The van der Waals surface area contributed by atoms with E-state index in [9.17, 15) is 10.2 Å². The number of benzene rings is 1. The molecule has 0 spiro atoms. The molecule has 0 saturated heterocycles. The molecule has 7 heteroatoms. The molecule has 0 bridgehead atoms. The summed E-state index contributed by atoms with van der Waals surface area (Å²) in [5.74, 6) is 0.668. The van der Waals surface area contributed by atoms with Crippen LogP contribution in [0.1, 0.15) is 18.1 Å². The third-order valence-electron chi connectivity index (χ3n) is 2.73. The molecule has 0 aliphatic rings. The van der Waals surface area contributed by atoms with E-state index in [-0.39, 0.29) is 13.0 Å². The van der Waals surface area contributed by atoms with Gasteiger partial charge in [0.15, 0.2) is 0 Å². The minimum Gasteiger partial charge on any atom is -0.491 e. The first-order valence-electron chi connectivity index (χ1n) is 6.27. The predicted octanol–water partition coefficient (Wildman–Crippen LogP) is 1.81. The first-order valence-corrected chi connectivity index (χ1v) is 6.27. The van der Waals surface area contributed by atoms with Crippen molar-refractivity contribution in [3.8, 4) is 5.75 Å². The highest BCUT2D eigenvalue weighted by Crippen LogP contribution is 2.21. The Morgan fingerprint density at radius 2 is 1.95 bits per heavy atom. The zero-order valence-corrected chi connectivity index (χ0v) is 11.3. The summed E-state index contributed by atoms with van der Waals surface area (Å²) in [5.41, 5.74) is 8.73. The lowest BCUT2D eigenvalue weighted by atomic mass is 10.0. The van der Waals surface area contributed by atoms with Gasteiger partial charge in [-0.3, -0.25) is 0 Å². The van der Waals surface area contributed by atoms with Crippen LogP contribution in [0.4, 0.5) is 0 Å². The van der Waals surface area contributed by atoms with E-state index in [1.807, 2.05) is 0 Å². The highest BCUT2D eigenvalue weighted by atomic mass is 16.5. The lowest BCUT2D eigenvalue weighted by Crippen LogP contribution is -2.19. The van der Waals surface area contributed by atoms with Crippen LogP contribution in [0.2, 0.25) is 0 Å². The van der Waals surface area contributed by atoms with Gasteiger partial charge in [0.05, 0.1) is 12.7 Å². The maximum Gasteiger partial charge on any atom is 0.119 e. The quantitative estimate of drug-likeness (QED) is 0.311. The van der Waals surface area contributed by atoms with Crippen molar-refractivity contribution >= 4 is 0 Å². The molecular formula is C13H19N3O4. The van der Waals surface area contributed by atoms with Gasteiger partial charge < -0.3 is 19.7 Å². The van der Waals surface area contributed by atoms with Crippen molar-refractivity contribution in [2.75, 3.05) is 26.9 Å². The second-order valence-electron chi connectivity index (χ2n) is 4.17. The summed E-state index contributed by atoms with van der Waals surface area (Å²) in [6.45, 7) is 1.10. The number of ether oxygens (including phenoxy) is 2. The summed E-state index contributed by atoms with van der Waals surface area (Å²) >= 11 is 0. The molecule has 0 amide bonds. The van der Waals surface area contributed by atoms with Crippen LogP contribution >= 0.6 is 0 Å². The van der Waals surface area contributed by atoms with Crippen LogP contribution < -0.4 is 4.74 Å². The van der Waals surface area contributed by atoms with Crippen molar-refractivity contribution in [1.29, 1.82) is 0 Å². The number of aliphatic hydroxyl groups is 2. The average Bonchev–Trinajstić information content (AvgIpc) is 2.47. The Labute approximate surface area is 117 Å². The topological polar surface area (TPSA) is 108 Å². The van der Waals surface area contributed by atoms with Gasteiger partial charge in [0.2, 0.25) is 0 Å². The Morgan fingerprint density at radius 1 is 1.25 bits per heavy atom. The summed E-state index contributed by atoms with van der Waals surface area (Å²) in [6, 6.07) is 6.80. The molecule has 2 atom stereocenters. The van der Waals surface area contributed by atoms with Gasteiger partial charge in [0.1, 0.15) is 18.5 Å². The van der Waals surface area contributed by atoms with Crippen LogP contribution in [0, 0.1) is 0 Å². The van der Waals surface area contributed by atoms with E-state index in [2.05, 4.69) is 10.0 Å². The fraction of sp³-hybridized carbons (Fsp3) is 0.538. The molecule has 2 unspecified atom stereocenters. The van der Waals surface area contributed by atoms with Crippen LogP contribution in [0.25, 0.3) is 10.4 Å². The molecule has 0 fully saturated rings. The maximum absolute atomic E-state index is 9.95. The molecule has 2 N–H and O–H groups in total. The summed E-state index contributed by atoms with van der Waals surface area (Å²) in [7, 11) is 1.60. The van der Waals surface area contributed by atoms with E-state index < -0.39 is 12.2 Å². The van der Waals surface area contributed by atoms with Crippen LogP contribution in [0.5, 0.6) is 5.75 Å². The SMILES string of the molecule is COCCOc1ccc(C(O)C(O)CCN=[N+]=[N-])cc1. The van der Waals surface area contributed by atoms with Crippen molar-refractivity contribution < 1.29 is 19.7 Å². The minimum atomic E-state index is -1.02. The van der Waals surface area contributed by atoms with E-state index in [0.717, 1.165) is 0 Å². The van der Waals surface area contributed by atoms with Gasteiger partial charge in [-0.05, 0) is 29.6 Å². The number of methoxy groups -OCH3 is 1. The van der Waals surface area contributed by atoms with E-state index in [1.165, 1.54) is 0 Å². The number of hydrogen-bond acceptors (Lipinski definition) is 5. The molecular weight excluding hydrogens is 262 g/mol. The normalized spacial score (nSPS) is 13.3. The second-order valence-corrected chi connectivity index (χ2v) is 4.17. The molecule has 0 aliphatic heterocycles. The molecule has 0 heterocycles. The van der Waals surface area contributed by atoms with Crippen LogP contribution in [-0.4, -0.2) is 43.2 Å². The number of hydrogen-bond donors (Lipinski definition) is 2. The minimum absolute atomic E-state index is 0.146. The van der Waals surface area contributed by atoms with Crippen LogP contribution in [-0.2, 0) is 4.74 Å². The van der Waals surface area contributed by atoms with Crippen molar-refractivity contribution in [2.24, 2.45) is 5.11 Å². The third kappa shape index (κ3) is 5.46. The summed E-state index contributed by atoms with van der Waals surface area (Å²) in [5, 5.41) is 23.0. The number of azide groups is 1. The Morgan fingerprint density at radius 3 is 2.55 bits per heavy atom. The van der Waals surface area contributed by atoms with Crippen molar-refractivity contribution in [2.45, 2.75) is 18.6 Å². The predicted molar refractivity (Wildman–Crippen MR) is 73.4 cm³/mol. The molecule has 1 rings (SSSR count). The van der Waals surface area contributed by atoms with E-state index in [0.29, 0.717) is 24.5 Å². The summed E-state index contributed by atoms with van der Waals surface area (Å²) in [4.78, 5) is 2.59. The van der Waals surface area contributed by atoms with Gasteiger partial charge in [-0.1, -0.05) is 17.2 Å². The Bertz CT molecular complexity index is 432. The Hall–Kier alpha value is -1.79. The van der Waals surface area contributed by atoms with Gasteiger partial charge in [-0.2, -0.15) is 0 Å². The highest BCUT2D eigenvalue weighted by molar-refractivity contribution is 5.29. The number of aliphatic hydroxyl groups excluding tert-OH is 2. The number of rotatable bonds is 9. The smallest absolute Gasteiger partial charge is 0.119 e. The molecule has 0 aromatic heterocycles. The van der Waals surface area contributed by atoms with Crippen LogP contribution in [0.15, 0.2) is 29.4 Å². The van der Waals surface area contributed by atoms with Crippen molar-refractivity contribution in [1.82, 2.24) is 0 Å². The lowest BCUT2D eigenvalue weighted by Gasteiger charge is -2.17. The van der Waals surface area contributed by atoms with Gasteiger partial charge >= 0.3 is 0 Å². The molecule has 0 aliphatic carbocycles. The van der Waals surface area contributed by atoms with E-state index >= 15 is 0 Å². The first-order chi connectivity index (χ1) is 9.69. The largest absolute Gasteiger partial charge is 0.491 e. The molecule has 1 aromatic carbocycles. The van der Waals surface area contributed by atoms with Gasteiger partial charge in [-0.15, -0.1) is 0 Å². The monoisotopic (exact) mass is 281 g/mol. The molecule has 7 nitrogen and oxygen atoms in total. The van der Waals surface area contributed by atoms with Gasteiger partial charge in [-0.25, -0.2) is 0 Å². The first kappa shape index (κ1) is 16.3. The zero-order valence-electron chi connectivity index (χ0n) is 11.3. The summed E-state index contributed by atoms with van der Waals surface area (Å²) < 4.78 is 10.3. The Kier molecular flexibility index (Phi) is 7.46. The fourth-order valence-corrected chi connectivity index (χ4v) is 1.62. The van der Waals surface area contributed by atoms with Crippen LogP contribution in [0.3, 0.4) is 0 Å². The van der Waals surface area contributed by atoms with E-state index in [1.54, 1.807) is 31.4 Å². The molecule has 0 saturated carbocycles. The molecule has 110 valence electrons. The van der Waals surface area contributed by atoms with Crippen molar-refractivity contribution in [3.63, 3.8) is 0 Å². The van der Waals surface area contributed by atoms with E-state index in [4.69, 9.17) is 15.0 Å². The highest BCUT2D eigenvalue weighted by Gasteiger charge is 2.17. The zero-order chi connectivity index (χ0) is 14.8. The van der Waals surface area contributed by atoms with Gasteiger partial charge in [0.25, 0.3) is 0 Å². The second kappa shape index (κ2) is 9.17. The average molecular weight is 281 g/mol. The molecule has 0 radical (unpaired) electrons. The van der Waals surface area contributed by atoms with Gasteiger partial charge in [0, 0.05) is 18.6 Å². The third-order valence-corrected chi connectivity index (χ3v) is 2.73. The fourth-order valence-electron chi connectivity index (χ4n) is 1.62. The molecule has 1 aromatic rings. The Balaban J connectivity index is 2.51.